The third kappa shape index (κ3) is 3.84. The molecule has 0 saturated heterocycles. The van der Waals surface area contributed by atoms with Crippen molar-refractivity contribution in [2.24, 2.45) is 5.92 Å². The minimum Gasteiger partial charge on any atom is -0.303 e. The summed E-state index contributed by atoms with van der Waals surface area (Å²) in [5.74, 6) is -1.16. The Labute approximate surface area is 109 Å². The van der Waals surface area contributed by atoms with Crippen LogP contribution in [0.5, 0.6) is 0 Å². The van der Waals surface area contributed by atoms with Crippen LogP contribution in [-0.4, -0.2) is 22.7 Å². The van der Waals surface area contributed by atoms with E-state index >= 15 is 0 Å². The molecule has 0 fully saturated rings. The molecule has 19 heavy (non-hydrogen) atoms. The van der Waals surface area contributed by atoms with E-state index in [1.165, 1.54) is 18.2 Å². The molecule has 0 spiro atoms. The Kier molecular flexibility index (Phi) is 5.11. The van der Waals surface area contributed by atoms with E-state index in [-0.39, 0.29) is 5.69 Å². The second-order valence-corrected chi connectivity index (χ2v) is 4.18. The summed E-state index contributed by atoms with van der Waals surface area (Å²) in [4.78, 5) is 31.3. The molecule has 1 rings (SSSR count). The Hall–Kier alpha value is -2.31. The third-order valence-corrected chi connectivity index (χ3v) is 3.02. The smallest absolute Gasteiger partial charge is 0.269 e. The summed E-state index contributed by atoms with van der Waals surface area (Å²) in [6.45, 7) is 1.34. The van der Waals surface area contributed by atoms with Crippen molar-refractivity contribution < 1.29 is 14.6 Å². The first kappa shape index (κ1) is 14.7. The van der Waals surface area contributed by atoms with Crippen molar-refractivity contribution in [3.63, 3.8) is 0 Å². The summed E-state index contributed by atoms with van der Waals surface area (Å²) in [5.41, 5.74) is 0.316. The molecule has 0 saturated carbocycles. The van der Waals surface area contributed by atoms with Crippen LogP contribution in [0.1, 0.15) is 24.8 Å². The average Bonchev–Trinajstić information content (AvgIpc) is 2.38. The first-order chi connectivity index (χ1) is 8.99. The molecule has 0 aliphatic rings. The van der Waals surface area contributed by atoms with Crippen LogP contribution in [0.15, 0.2) is 24.3 Å². The highest BCUT2D eigenvalue weighted by Crippen LogP contribution is 2.28. The van der Waals surface area contributed by atoms with Crippen LogP contribution in [0, 0.1) is 26.1 Å². The standard InChI is InChI=1S/C12H14N2O5/c1-2-9(8-15)12(7-13(16)17)10-4-3-5-11(6-10)14(18)19/h3-6,8-9,12H,2,7H2,1H3/t9-,12+/m0/s1. The zero-order valence-corrected chi connectivity index (χ0v) is 10.4. The fourth-order valence-electron chi connectivity index (χ4n) is 1.99. The first-order valence-electron chi connectivity index (χ1n) is 5.81. The van der Waals surface area contributed by atoms with Gasteiger partial charge in [0.15, 0.2) is 0 Å². The number of carbonyl (C=O) groups is 1. The molecule has 102 valence electrons. The van der Waals surface area contributed by atoms with E-state index in [9.17, 15) is 25.0 Å². The van der Waals surface area contributed by atoms with E-state index in [4.69, 9.17) is 0 Å². The van der Waals surface area contributed by atoms with Crippen molar-refractivity contribution in [1.29, 1.82) is 0 Å². The minimum absolute atomic E-state index is 0.133. The lowest BCUT2D eigenvalue weighted by molar-refractivity contribution is -0.484. The molecular weight excluding hydrogens is 252 g/mol. The third-order valence-electron chi connectivity index (χ3n) is 3.02. The van der Waals surface area contributed by atoms with Gasteiger partial charge in [0.05, 0.1) is 10.8 Å². The van der Waals surface area contributed by atoms with Gasteiger partial charge in [-0.25, -0.2) is 0 Å². The summed E-state index contributed by atoms with van der Waals surface area (Å²) in [6.07, 6.45) is 1.12. The van der Waals surface area contributed by atoms with Gasteiger partial charge in [0.2, 0.25) is 6.54 Å². The number of nitro groups is 2. The van der Waals surface area contributed by atoms with Crippen molar-refractivity contribution >= 4 is 12.0 Å². The molecule has 7 nitrogen and oxygen atoms in total. The summed E-state index contributed by atoms with van der Waals surface area (Å²) in [6, 6.07) is 5.65. The Bertz CT molecular complexity index is 489. The van der Waals surface area contributed by atoms with Crippen molar-refractivity contribution in [2.75, 3.05) is 6.54 Å². The highest BCUT2D eigenvalue weighted by molar-refractivity contribution is 5.56. The van der Waals surface area contributed by atoms with Gasteiger partial charge in [0.1, 0.15) is 6.29 Å². The molecule has 0 aliphatic carbocycles. The normalized spacial score (nSPS) is 13.5. The zero-order valence-electron chi connectivity index (χ0n) is 10.4. The van der Waals surface area contributed by atoms with E-state index in [1.54, 1.807) is 13.0 Å². The molecule has 2 atom stereocenters. The van der Waals surface area contributed by atoms with E-state index in [0.717, 1.165) is 0 Å². The predicted molar refractivity (Wildman–Crippen MR) is 67.5 cm³/mol. The van der Waals surface area contributed by atoms with Gasteiger partial charge in [-0.05, 0) is 12.0 Å². The molecular formula is C12H14N2O5. The van der Waals surface area contributed by atoms with Crippen LogP contribution in [0.25, 0.3) is 0 Å². The fourth-order valence-corrected chi connectivity index (χ4v) is 1.99. The monoisotopic (exact) mass is 266 g/mol. The maximum Gasteiger partial charge on any atom is 0.269 e. The van der Waals surface area contributed by atoms with Gasteiger partial charge < -0.3 is 4.79 Å². The first-order valence-corrected chi connectivity index (χ1v) is 5.81. The van der Waals surface area contributed by atoms with Crippen LogP contribution in [0.4, 0.5) is 5.69 Å². The van der Waals surface area contributed by atoms with Crippen LogP contribution in [0.2, 0.25) is 0 Å². The van der Waals surface area contributed by atoms with Crippen molar-refractivity contribution in [3.05, 3.63) is 50.1 Å². The van der Waals surface area contributed by atoms with Crippen molar-refractivity contribution in [3.8, 4) is 0 Å². The zero-order chi connectivity index (χ0) is 14.4. The molecule has 7 heteroatoms. The summed E-state index contributed by atoms with van der Waals surface area (Å²) in [5, 5.41) is 21.4. The molecule has 0 N–H and O–H groups in total. The van der Waals surface area contributed by atoms with Crippen LogP contribution < -0.4 is 0 Å². The SMILES string of the molecule is CC[C@@H](C=O)[C@@H](C[N+](=O)[O-])c1cccc([N+](=O)[O-])c1. The van der Waals surface area contributed by atoms with Gasteiger partial charge in [-0.3, -0.25) is 20.2 Å². The summed E-state index contributed by atoms with van der Waals surface area (Å²) in [7, 11) is 0. The maximum atomic E-state index is 11.0. The fraction of sp³-hybridized carbons (Fsp3) is 0.417. The molecule has 1 aromatic carbocycles. The van der Waals surface area contributed by atoms with E-state index in [2.05, 4.69) is 0 Å². The van der Waals surface area contributed by atoms with Crippen LogP contribution in [-0.2, 0) is 4.79 Å². The van der Waals surface area contributed by atoms with Gasteiger partial charge in [-0.15, -0.1) is 0 Å². The number of nitrogens with zero attached hydrogens (tertiary/aromatic N) is 2. The summed E-state index contributed by atoms with van der Waals surface area (Å²) >= 11 is 0. The number of non-ortho nitro benzene ring substituents is 1. The highest BCUT2D eigenvalue weighted by atomic mass is 16.6. The topological polar surface area (TPSA) is 103 Å². The lowest BCUT2D eigenvalue weighted by atomic mass is 9.85. The second kappa shape index (κ2) is 6.58. The largest absolute Gasteiger partial charge is 0.303 e. The minimum atomic E-state index is -0.641. The van der Waals surface area contributed by atoms with Gasteiger partial charge in [0.25, 0.3) is 5.69 Å². The molecule has 0 aliphatic heterocycles. The molecule has 0 bridgehead atoms. The summed E-state index contributed by atoms with van der Waals surface area (Å²) < 4.78 is 0. The van der Waals surface area contributed by atoms with Crippen molar-refractivity contribution in [1.82, 2.24) is 0 Å². The van der Waals surface area contributed by atoms with Crippen LogP contribution >= 0.6 is 0 Å². The molecule has 0 amide bonds. The van der Waals surface area contributed by atoms with E-state index in [0.29, 0.717) is 18.3 Å². The lowest BCUT2D eigenvalue weighted by Crippen LogP contribution is -2.22. The molecule has 0 aromatic heterocycles. The number of nitro benzene ring substituents is 1. The number of hydrogen-bond donors (Lipinski definition) is 0. The number of hydrogen-bond acceptors (Lipinski definition) is 5. The Morgan fingerprint density at radius 2 is 2.00 bits per heavy atom. The van der Waals surface area contributed by atoms with E-state index in [1.807, 2.05) is 0 Å². The van der Waals surface area contributed by atoms with Crippen molar-refractivity contribution in [2.45, 2.75) is 19.3 Å². The molecule has 1 aromatic rings. The number of benzene rings is 1. The highest BCUT2D eigenvalue weighted by Gasteiger charge is 2.27. The second-order valence-electron chi connectivity index (χ2n) is 4.18. The lowest BCUT2D eigenvalue weighted by Gasteiger charge is -2.18. The number of aldehydes is 1. The van der Waals surface area contributed by atoms with Gasteiger partial charge in [-0.2, -0.15) is 0 Å². The number of carbonyl (C=O) groups excluding carboxylic acids is 1. The molecule has 0 radical (unpaired) electrons. The van der Waals surface area contributed by atoms with Gasteiger partial charge in [-0.1, -0.05) is 19.1 Å². The molecule has 0 unspecified atom stereocenters. The Morgan fingerprint density at radius 3 is 2.47 bits per heavy atom. The van der Waals surface area contributed by atoms with E-state index < -0.39 is 28.2 Å². The van der Waals surface area contributed by atoms with Gasteiger partial charge in [0, 0.05) is 23.0 Å². The van der Waals surface area contributed by atoms with Crippen LogP contribution in [0.3, 0.4) is 0 Å². The number of rotatable bonds is 7. The Balaban J connectivity index is 3.15. The Morgan fingerprint density at radius 1 is 1.32 bits per heavy atom. The van der Waals surface area contributed by atoms with Gasteiger partial charge >= 0.3 is 0 Å². The predicted octanol–water partition coefficient (Wildman–Crippen LogP) is 2.18. The maximum absolute atomic E-state index is 11.0. The average molecular weight is 266 g/mol. The molecule has 0 heterocycles. The quantitative estimate of drug-likeness (QED) is 0.427.